The van der Waals surface area contributed by atoms with E-state index >= 15 is 0 Å². The highest BCUT2D eigenvalue weighted by atomic mass is 32.2. The largest absolute Gasteiger partial charge is 0.380 e. The number of amides is 2. The Morgan fingerprint density at radius 2 is 2.06 bits per heavy atom. The Kier molecular flexibility index (Phi) is 6.74. The summed E-state index contributed by atoms with van der Waals surface area (Å²) in [5.41, 5.74) is 0.714. The molecule has 0 aromatic carbocycles. The van der Waals surface area contributed by atoms with Crippen LogP contribution in [0.5, 0.6) is 0 Å². The van der Waals surface area contributed by atoms with E-state index in [0.29, 0.717) is 55.5 Å². The van der Waals surface area contributed by atoms with Gasteiger partial charge in [0.2, 0.25) is 5.91 Å². The van der Waals surface area contributed by atoms with E-state index in [1.165, 1.54) is 6.20 Å². The molecule has 1 spiro atoms. The van der Waals surface area contributed by atoms with Crippen molar-refractivity contribution in [2.75, 3.05) is 25.2 Å². The van der Waals surface area contributed by atoms with Crippen LogP contribution >= 0.6 is 0 Å². The SMILES string of the molecule is COCc1cncc(C(=O)N=S2(=O)CCC3(CC2)CC(NC(=O)CC2CC2)CCO3)c1. The van der Waals surface area contributed by atoms with Gasteiger partial charge in [0.15, 0.2) is 0 Å². The molecule has 4 rings (SSSR count). The summed E-state index contributed by atoms with van der Waals surface area (Å²) in [6, 6.07) is 1.77. The highest BCUT2D eigenvalue weighted by Crippen LogP contribution is 2.37. The monoisotopic (exact) mass is 449 g/mol. The molecular weight excluding hydrogens is 418 g/mol. The zero-order chi connectivity index (χ0) is 21.9. The molecule has 0 bridgehead atoms. The zero-order valence-corrected chi connectivity index (χ0v) is 18.8. The molecule has 3 fully saturated rings. The first-order chi connectivity index (χ1) is 14.9. The van der Waals surface area contributed by atoms with Gasteiger partial charge in [-0.3, -0.25) is 14.6 Å². The maximum atomic E-state index is 13.3. The van der Waals surface area contributed by atoms with Crippen molar-refractivity contribution in [1.29, 1.82) is 0 Å². The van der Waals surface area contributed by atoms with E-state index in [9.17, 15) is 13.8 Å². The van der Waals surface area contributed by atoms with E-state index in [1.807, 2.05) is 0 Å². The molecule has 1 saturated carbocycles. The second-order valence-electron chi connectivity index (χ2n) is 9.03. The molecule has 8 nitrogen and oxygen atoms in total. The Hall–Kier alpha value is -1.84. The molecule has 1 atom stereocenters. The predicted molar refractivity (Wildman–Crippen MR) is 116 cm³/mol. The van der Waals surface area contributed by atoms with Crippen LogP contribution in [0.4, 0.5) is 0 Å². The summed E-state index contributed by atoms with van der Waals surface area (Å²) in [4.78, 5) is 28.9. The molecule has 0 radical (unpaired) electrons. The summed E-state index contributed by atoms with van der Waals surface area (Å²) in [7, 11) is -1.06. The molecule has 1 N–H and O–H groups in total. The molecule has 9 heteroatoms. The molecule has 31 heavy (non-hydrogen) atoms. The van der Waals surface area contributed by atoms with Crippen molar-refractivity contribution in [3.05, 3.63) is 29.6 Å². The second kappa shape index (κ2) is 9.34. The average molecular weight is 450 g/mol. The minimum Gasteiger partial charge on any atom is -0.380 e. The van der Waals surface area contributed by atoms with Crippen LogP contribution in [0.1, 0.15) is 60.9 Å². The Morgan fingerprint density at radius 1 is 1.29 bits per heavy atom. The van der Waals surface area contributed by atoms with E-state index in [4.69, 9.17) is 9.47 Å². The van der Waals surface area contributed by atoms with Crippen molar-refractivity contribution < 1.29 is 23.3 Å². The average Bonchev–Trinajstić information content (AvgIpc) is 3.55. The summed E-state index contributed by atoms with van der Waals surface area (Å²) in [5.74, 6) is 0.854. The van der Waals surface area contributed by atoms with E-state index < -0.39 is 15.6 Å². The van der Waals surface area contributed by atoms with Gasteiger partial charge in [-0.25, -0.2) is 4.21 Å². The normalized spacial score (nSPS) is 30.7. The second-order valence-corrected chi connectivity index (χ2v) is 11.6. The Bertz CT molecular complexity index is 938. The smallest absolute Gasteiger partial charge is 0.286 e. The van der Waals surface area contributed by atoms with Gasteiger partial charge in [-0.15, -0.1) is 0 Å². The van der Waals surface area contributed by atoms with E-state index in [2.05, 4.69) is 14.7 Å². The van der Waals surface area contributed by atoms with Crippen LogP contribution in [0.15, 0.2) is 22.8 Å². The number of pyridine rings is 1. The predicted octanol–water partition coefficient (Wildman–Crippen LogP) is 2.46. The van der Waals surface area contributed by atoms with Crippen molar-refractivity contribution in [2.24, 2.45) is 10.3 Å². The minimum absolute atomic E-state index is 0.0994. The van der Waals surface area contributed by atoms with Crippen LogP contribution in [0.2, 0.25) is 0 Å². The summed E-state index contributed by atoms with van der Waals surface area (Å²) in [5, 5.41) is 3.17. The summed E-state index contributed by atoms with van der Waals surface area (Å²) in [6.45, 7) is 0.936. The van der Waals surface area contributed by atoms with Gasteiger partial charge >= 0.3 is 0 Å². The van der Waals surface area contributed by atoms with Crippen LogP contribution in [0.3, 0.4) is 0 Å². The first-order valence-corrected chi connectivity index (χ1v) is 12.9. The molecule has 2 amide bonds. The van der Waals surface area contributed by atoms with E-state index in [-0.39, 0.29) is 17.6 Å². The van der Waals surface area contributed by atoms with E-state index in [1.54, 1.807) is 19.4 Å². The lowest BCUT2D eigenvalue weighted by molar-refractivity contribution is -0.126. The molecule has 2 saturated heterocycles. The Labute approximate surface area is 183 Å². The fourth-order valence-electron chi connectivity index (χ4n) is 4.43. The molecule has 3 heterocycles. The lowest BCUT2D eigenvalue weighted by Crippen LogP contribution is -2.52. The Balaban J connectivity index is 1.37. The third kappa shape index (κ3) is 5.90. The van der Waals surface area contributed by atoms with Crippen molar-refractivity contribution in [1.82, 2.24) is 10.3 Å². The summed E-state index contributed by atoms with van der Waals surface area (Å²) in [6.07, 6.45) is 8.72. The molecule has 1 aliphatic carbocycles. The van der Waals surface area contributed by atoms with E-state index in [0.717, 1.165) is 31.2 Å². The topological polar surface area (TPSA) is 107 Å². The van der Waals surface area contributed by atoms with Gasteiger partial charge in [-0.1, -0.05) is 0 Å². The van der Waals surface area contributed by atoms with Crippen LogP contribution in [0.25, 0.3) is 0 Å². The fourth-order valence-corrected chi connectivity index (χ4v) is 6.61. The Morgan fingerprint density at radius 3 is 2.77 bits per heavy atom. The lowest BCUT2D eigenvalue weighted by atomic mass is 9.85. The standard InChI is InChI=1S/C22H31N3O5S/c1-29-15-17-10-18(14-23-13-17)21(27)25-31(28)8-5-22(6-9-31)12-19(4-7-30-22)24-20(26)11-16-2-3-16/h10,13-14,16,19H,2-9,11-12,15H2,1H3,(H,24,26). The maximum absolute atomic E-state index is 13.3. The van der Waals surface area contributed by atoms with Gasteiger partial charge in [0, 0.05) is 50.1 Å². The quantitative estimate of drug-likeness (QED) is 0.715. The highest BCUT2D eigenvalue weighted by molar-refractivity contribution is 7.93. The number of hydrogen-bond donors (Lipinski definition) is 1. The van der Waals surface area contributed by atoms with Gasteiger partial charge in [-0.2, -0.15) is 4.36 Å². The summed E-state index contributed by atoms with van der Waals surface area (Å²) < 4.78 is 28.5. The number of methoxy groups -OCH3 is 1. The molecule has 2 aliphatic heterocycles. The molecule has 1 aromatic heterocycles. The lowest BCUT2D eigenvalue weighted by Gasteiger charge is -2.44. The molecule has 170 valence electrons. The molecule has 3 aliphatic rings. The van der Waals surface area contributed by atoms with Crippen molar-refractivity contribution in [2.45, 2.75) is 63.2 Å². The van der Waals surface area contributed by atoms with Gasteiger partial charge in [0.1, 0.15) is 0 Å². The molecule has 1 aromatic rings. The first-order valence-electron chi connectivity index (χ1n) is 11.0. The zero-order valence-electron chi connectivity index (χ0n) is 18.0. The van der Waals surface area contributed by atoms with Crippen LogP contribution < -0.4 is 5.32 Å². The van der Waals surface area contributed by atoms with Gasteiger partial charge in [0.25, 0.3) is 5.91 Å². The van der Waals surface area contributed by atoms with Crippen molar-refractivity contribution in [3.63, 3.8) is 0 Å². The maximum Gasteiger partial charge on any atom is 0.286 e. The number of nitrogens with zero attached hydrogens (tertiary/aromatic N) is 2. The first kappa shape index (κ1) is 22.4. The molecular formula is C22H31N3O5S. The molecule has 1 unspecified atom stereocenters. The van der Waals surface area contributed by atoms with Crippen molar-refractivity contribution >= 4 is 21.5 Å². The fraction of sp³-hybridized carbons (Fsp3) is 0.682. The number of hydrogen-bond acceptors (Lipinski definition) is 6. The third-order valence-electron chi connectivity index (χ3n) is 6.38. The number of nitrogens with one attached hydrogen (secondary N) is 1. The number of carbonyl (C=O) groups excluding carboxylic acids is 2. The van der Waals surface area contributed by atoms with Gasteiger partial charge in [0.05, 0.1) is 27.5 Å². The van der Waals surface area contributed by atoms with Gasteiger partial charge in [-0.05, 0) is 56.1 Å². The third-order valence-corrected chi connectivity index (χ3v) is 8.57. The van der Waals surface area contributed by atoms with Crippen LogP contribution in [0, 0.1) is 5.92 Å². The van der Waals surface area contributed by atoms with Gasteiger partial charge < -0.3 is 14.8 Å². The number of carbonyl (C=O) groups is 2. The minimum atomic E-state index is -2.64. The van der Waals surface area contributed by atoms with Crippen molar-refractivity contribution in [3.8, 4) is 0 Å². The number of ether oxygens (including phenoxy) is 2. The summed E-state index contributed by atoms with van der Waals surface area (Å²) >= 11 is 0. The van der Waals surface area contributed by atoms with Crippen LogP contribution in [-0.4, -0.2) is 57.9 Å². The number of aromatic nitrogens is 1. The number of rotatable bonds is 6. The van der Waals surface area contributed by atoms with Crippen LogP contribution in [-0.2, 0) is 30.6 Å². The highest BCUT2D eigenvalue weighted by Gasteiger charge is 2.42.